The van der Waals surface area contributed by atoms with Gasteiger partial charge in [-0.2, -0.15) is 0 Å². The van der Waals surface area contributed by atoms with Gasteiger partial charge in [-0.25, -0.2) is 0 Å². The molecule has 0 aromatic rings. The van der Waals surface area contributed by atoms with Crippen LogP contribution in [0.3, 0.4) is 0 Å². The summed E-state index contributed by atoms with van der Waals surface area (Å²) >= 11 is 0. The molecule has 0 aliphatic heterocycles. The van der Waals surface area contributed by atoms with Gasteiger partial charge in [-0.05, 0) is 66.8 Å². The second kappa shape index (κ2) is 4.83. The van der Waals surface area contributed by atoms with Crippen LogP contribution in [0.15, 0.2) is 23.8 Å². The van der Waals surface area contributed by atoms with Crippen molar-refractivity contribution in [2.45, 2.75) is 66.2 Å². The van der Waals surface area contributed by atoms with Gasteiger partial charge in [0.1, 0.15) is 5.78 Å². The van der Waals surface area contributed by atoms with E-state index < -0.39 is 0 Å². The summed E-state index contributed by atoms with van der Waals surface area (Å²) in [6.45, 7) is 13.9. The van der Waals surface area contributed by atoms with Crippen LogP contribution in [0.25, 0.3) is 0 Å². The van der Waals surface area contributed by atoms with Gasteiger partial charge in [0.15, 0.2) is 0 Å². The van der Waals surface area contributed by atoms with Gasteiger partial charge >= 0.3 is 0 Å². The highest BCUT2D eigenvalue weighted by Crippen LogP contribution is 2.64. The summed E-state index contributed by atoms with van der Waals surface area (Å²) in [6.07, 6.45) is 8.78. The van der Waals surface area contributed by atoms with Crippen molar-refractivity contribution in [3.05, 3.63) is 23.8 Å². The van der Waals surface area contributed by atoms with Crippen LogP contribution >= 0.6 is 0 Å². The Labute approximate surface area is 129 Å². The zero-order chi connectivity index (χ0) is 15.4. The lowest BCUT2D eigenvalue weighted by atomic mass is 9.45. The van der Waals surface area contributed by atoms with Crippen LogP contribution < -0.4 is 0 Å². The van der Waals surface area contributed by atoms with E-state index >= 15 is 0 Å². The normalized spacial score (nSPS) is 47.2. The quantitative estimate of drug-likeness (QED) is 0.589. The number of carbonyl (C=O) groups is 1. The number of rotatable bonds is 0. The first kappa shape index (κ1) is 15.1. The molecule has 3 aliphatic rings. The Morgan fingerprint density at radius 1 is 1.29 bits per heavy atom. The minimum atomic E-state index is 0.247. The van der Waals surface area contributed by atoms with E-state index in [0.717, 1.165) is 19.3 Å². The van der Waals surface area contributed by atoms with E-state index in [1.54, 1.807) is 0 Å². The predicted octanol–water partition coefficient (Wildman–Crippen LogP) is 5.32. The Morgan fingerprint density at radius 2 is 2.00 bits per heavy atom. The van der Waals surface area contributed by atoms with Crippen LogP contribution in [0.2, 0.25) is 0 Å². The molecule has 1 heteroatoms. The fourth-order valence-corrected chi connectivity index (χ4v) is 6.01. The minimum Gasteiger partial charge on any atom is -0.300 e. The van der Waals surface area contributed by atoms with E-state index in [4.69, 9.17) is 0 Å². The molecule has 2 fully saturated rings. The third kappa shape index (κ3) is 2.07. The molecule has 2 saturated carbocycles. The van der Waals surface area contributed by atoms with E-state index in [0.29, 0.717) is 29.0 Å². The van der Waals surface area contributed by atoms with Crippen molar-refractivity contribution < 1.29 is 4.79 Å². The number of ketones is 1. The largest absolute Gasteiger partial charge is 0.300 e. The lowest BCUT2D eigenvalue weighted by molar-refractivity contribution is -0.119. The van der Waals surface area contributed by atoms with Crippen LogP contribution in [-0.2, 0) is 4.79 Å². The Morgan fingerprint density at radius 3 is 2.71 bits per heavy atom. The lowest BCUT2D eigenvalue weighted by Crippen LogP contribution is -2.51. The zero-order valence-corrected chi connectivity index (χ0v) is 14.2. The van der Waals surface area contributed by atoms with Gasteiger partial charge in [-0.3, -0.25) is 4.79 Å². The summed E-state index contributed by atoms with van der Waals surface area (Å²) in [6, 6.07) is 0. The van der Waals surface area contributed by atoms with Crippen LogP contribution in [0, 0.1) is 28.6 Å². The highest BCUT2D eigenvalue weighted by molar-refractivity contribution is 5.79. The highest BCUT2D eigenvalue weighted by atomic mass is 16.1. The van der Waals surface area contributed by atoms with Crippen molar-refractivity contribution in [2.75, 3.05) is 0 Å². The Hall–Kier alpha value is -0.850. The second-order valence-electron chi connectivity index (χ2n) is 8.44. The summed E-state index contributed by atoms with van der Waals surface area (Å²) in [5.74, 6) is 2.41. The monoisotopic (exact) mass is 286 g/mol. The van der Waals surface area contributed by atoms with E-state index in [-0.39, 0.29) is 5.41 Å². The second-order valence-corrected chi connectivity index (χ2v) is 8.44. The topological polar surface area (TPSA) is 17.1 Å². The van der Waals surface area contributed by atoms with Crippen LogP contribution in [-0.4, -0.2) is 5.78 Å². The number of allylic oxidation sites excluding steroid dienone is 3. The third-order valence-electron chi connectivity index (χ3n) is 7.39. The fourth-order valence-electron chi connectivity index (χ4n) is 6.01. The fraction of sp³-hybridized carbons (Fsp3) is 0.750. The van der Waals surface area contributed by atoms with Gasteiger partial charge < -0.3 is 0 Å². The Bertz CT molecular complexity index is 514. The van der Waals surface area contributed by atoms with Crippen molar-refractivity contribution in [1.82, 2.24) is 0 Å². The maximum absolute atomic E-state index is 12.1. The summed E-state index contributed by atoms with van der Waals surface area (Å²) < 4.78 is 0. The molecular formula is C20H30O. The molecule has 0 spiro atoms. The number of fused-ring (bicyclic) bond motifs is 3. The Kier molecular flexibility index (Phi) is 3.46. The average molecular weight is 286 g/mol. The van der Waals surface area contributed by atoms with Gasteiger partial charge in [-0.15, -0.1) is 0 Å². The van der Waals surface area contributed by atoms with E-state index in [9.17, 15) is 4.79 Å². The molecule has 3 rings (SSSR count). The molecule has 0 unspecified atom stereocenters. The molecule has 0 aromatic carbocycles. The molecule has 1 nitrogen and oxygen atoms in total. The summed E-state index contributed by atoms with van der Waals surface area (Å²) in [4.78, 5) is 12.1. The van der Waals surface area contributed by atoms with Crippen molar-refractivity contribution in [1.29, 1.82) is 0 Å². The maximum Gasteiger partial charge on any atom is 0.133 e. The standard InChI is InChI=1S/C20H30O/c1-13-6-7-18-19(4,15(13)3)11-9-17-14(2)12-16(21)8-10-20(17,18)5/h6,14,17-18H,3,7-12H2,1-2,4-5H3/t14-,17-,18-,19-,20-/m0/s1. The van der Waals surface area contributed by atoms with Crippen molar-refractivity contribution in [2.24, 2.45) is 28.6 Å². The van der Waals surface area contributed by atoms with Crippen molar-refractivity contribution in [3.63, 3.8) is 0 Å². The molecule has 21 heavy (non-hydrogen) atoms. The van der Waals surface area contributed by atoms with Gasteiger partial charge in [0.2, 0.25) is 0 Å². The van der Waals surface area contributed by atoms with E-state index in [1.165, 1.54) is 30.4 Å². The molecule has 116 valence electrons. The molecule has 5 atom stereocenters. The first-order chi connectivity index (χ1) is 9.79. The third-order valence-corrected chi connectivity index (χ3v) is 7.39. The predicted molar refractivity (Wildman–Crippen MR) is 88.0 cm³/mol. The summed E-state index contributed by atoms with van der Waals surface area (Å²) in [5, 5.41) is 0. The summed E-state index contributed by atoms with van der Waals surface area (Å²) in [7, 11) is 0. The van der Waals surface area contributed by atoms with Gasteiger partial charge in [0.25, 0.3) is 0 Å². The molecule has 0 N–H and O–H groups in total. The molecule has 0 amide bonds. The highest BCUT2D eigenvalue weighted by Gasteiger charge is 2.56. The molecule has 0 radical (unpaired) electrons. The molecule has 0 saturated heterocycles. The zero-order valence-electron chi connectivity index (χ0n) is 14.2. The molecule has 0 heterocycles. The first-order valence-electron chi connectivity index (χ1n) is 8.67. The maximum atomic E-state index is 12.1. The van der Waals surface area contributed by atoms with E-state index in [2.05, 4.69) is 40.3 Å². The SMILES string of the molecule is C=C1C(C)=CC[C@@H]2[C@@]3(C)CCC(=O)C[C@H](C)[C@@H]3CC[C@@]12C. The summed E-state index contributed by atoms with van der Waals surface area (Å²) in [5.41, 5.74) is 3.31. The van der Waals surface area contributed by atoms with Crippen LogP contribution in [0.4, 0.5) is 0 Å². The van der Waals surface area contributed by atoms with Gasteiger partial charge in [0, 0.05) is 12.8 Å². The van der Waals surface area contributed by atoms with Gasteiger partial charge in [-0.1, -0.05) is 39.0 Å². The number of carbonyl (C=O) groups excluding carboxylic acids is 1. The van der Waals surface area contributed by atoms with Gasteiger partial charge in [0.05, 0.1) is 0 Å². The lowest BCUT2D eigenvalue weighted by Gasteiger charge is -2.59. The minimum absolute atomic E-state index is 0.247. The van der Waals surface area contributed by atoms with E-state index in [1.807, 2.05) is 0 Å². The number of hydrogen-bond acceptors (Lipinski definition) is 1. The number of hydrogen-bond donors (Lipinski definition) is 0. The van der Waals surface area contributed by atoms with Crippen molar-refractivity contribution in [3.8, 4) is 0 Å². The first-order valence-corrected chi connectivity index (χ1v) is 8.67. The Balaban J connectivity index is 2.04. The van der Waals surface area contributed by atoms with Crippen molar-refractivity contribution >= 4 is 5.78 Å². The number of Topliss-reactive ketones (excluding diaryl/α,β-unsaturated/α-hetero) is 1. The van der Waals surface area contributed by atoms with Crippen LogP contribution in [0.1, 0.15) is 66.2 Å². The smallest absolute Gasteiger partial charge is 0.133 e. The average Bonchev–Trinajstić information content (AvgIpc) is 2.52. The molecular weight excluding hydrogens is 256 g/mol. The molecule has 3 aliphatic carbocycles. The molecule has 0 bridgehead atoms. The molecule has 0 aromatic heterocycles. The van der Waals surface area contributed by atoms with Crippen LogP contribution in [0.5, 0.6) is 0 Å².